The minimum absolute atomic E-state index is 0.0343. The Morgan fingerprint density at radius 1 is 1.45 bits per heavy atom. The average Bonchev–Trinajstić information content (AvgIpc) is 2.37. The van der Waals surface area contributed by atoms with Crippen LogP contribution in [0.2, 0.25) is 0 Å². The summed E-state index contributed by atoms with van der Waals surface area (Å²) < 4.78 is 0. The van der Waals surface area contributed by atoms with Gasteiger partial charge in [-0.25, -0.2) is 4.79 Å². The number of aliphatic carboxylic acids is 1. The van der Waals surface area contributed by atoms with E-state index in [0.717, 1.165) is 4.90 Å². The van der Waals surface area contributed by atoms with Crippen molar-refractivity contribution in [2.75, 3.05) is 13.1 Å². The fourth-order valence-electron chi connectivity index (χ4n) is 2.00. The third-order valence-electron chi connectivity index (χ3n) is 3.24. The first-order chi connectivity index (χ1) is 9.40. The maximum absolute atomic E-state index is 12.0. The largest absolute Gasteiger partial charge is 0.481 e. The molecule has 0 spiro atoms. The van der Waals surface area contributed by atoms with Crippen LogP contribution in [0.1, 0.15) is 26.7 Å². The van der Waals surface area contributed by atoms with Gasteiger partial charge in [0.2, 0.25) is 11.8 Å². The predicted octanol–water partition coefficient (Wildman–Crippen LogP) is -0.456. The SMILES string of the molecule is CCC(CNC(=O)N1CC(=O)NC(=O)C1CC)C(=O)O. The highest BCUT2D eigenvalue weighted by Gasteiger charge is 2.35. The molecule has 2 unspecified atom stereocenters. The molecule has 3 N–H and O–H groups in total. The van der Waals surface area contributed by atoms with Crippen LogP contribution in [0.25, 0.3) is 0 Å². The first-order valence-corrected chi connectivity index (χ1v) is 6.51. The summed E-state index contributed by atoms with van der Waals surface area (Å²) in [4.78, 5) is 46.9. The molecular weight excluding hydrogens is 266 g/mol. The van der Waals surface area contributed by atoms with E-state index in [0.29, 0.717) is 12.8 Å². The number of carbonyl (C=O) groups excluding carboxylic acids is 3. The van der Waals surface area contributed by atoms with Crippen LogP contribution in [0.4, 0.5) is 4.79 Å². The third-order valence-corrected chi connectivity index (χ3v) is 3.24. The highest BCUT2D eigenvalue weighted by Crippen LogP contribution is 2.10. The second-order valence-corrected chi connectivity index (χ2v) is 4.59. The highest BCUT2D eigenvalue weighted by molar-refractivity contribution is 6.04. The molecule has 8 heteroatoms. The van der Waals surface area contributed by atoms with Crippen LogP contribution in [-0.4, -0.2) is 53.0 Å². The summed E-state index contributed by atoms with van der Waals surface area (Å²) in [6.07, 6.45) is 0.759. The molecule has 0 aliphatic carbocycles. The Bertz CT molecular complexity index is 423. The number of carboxylic acids is 1. The van der Waals surface area contributed by atoms with E-state index in [-0.39, 0.29) is 13.1 Å². The molecule has 1 rings (SSSR count). The number of amides is 4. The molecule has 20 heavy (non-hydrogen) atoms. The topological polar surface area (TPSA) is 116 Å². The van der Waals surface area contributed by atoms with Crippen LogP contribution >= 0.6 is 0 Å². The Morgan fingerprint density at radius 2 is 2.10 bits per heavy atom. The zero-order valence-corrected chi connectivity index (χ0v) is 11.5. The second-order valence-electron chi connectivity index (χ2n) is 4.59. The minimum atomic E-state index is -0.993. The van der Waals surface area contributed by atoms with E-state index < -0.39 is 35.8 Å². The maximum atomic E-state index is 12.0. The van der Waals surface area contributed by atoms with E-state index in [1.54, 1.807) is 13.8 Å². The molecule has 4 amide bonds. The van der Waals surface area contributed by atoms with Gasteiger partial charge in [-0.1, -0.05) is 13.8 Å². The monoisotopic (exact) mass is 285 g/mol. The Labute approximate surface area is 116 Å². The molecule has 0 aromatic rings. The number of carboxylic acid groups (broad SMARTS) is 1. The fraction of sp³-hybridized carbons (Fsp3) is 0.667. The Kier molecular flexibility index (Phi) is 5.48. The van der Waals surface area contributed by atoms with Crippen molar-refractivity contribution >= 4 is 23.8 Å². The van der Waals surface area contributed by atoms with E-state index in [1.807, 2.05) is 0 Å². The van der Waals surface area contributed by atoms with Gasteiger partial charge in [-0.3, -0.25) is 19.7 Å². The molecule has 1 aliphatic rings. The summed E-state index contributed by atoms with van der Waals surface area (Å²) >= 11 is 0. The first kappa shape index (κ1) is 15.9. The van der Waals surface area contributed by atoms with Crippen molar-refractivity contribution in [2.24, 2.45) is 5.92 Å². The average molecular weight is 285 g/mol. The quantitative estimate of drug-likeness (QED) is 0.591. The van der Waals surface area contributed by atoms with Crippen LogP contribution < -0.4 is 10.6 Å². The lowest BCUT2D eigenvalue weighted by Crippen LogP contribution is -2.61. The Morgan fingerprint density at radius 3 is 2.60 bits per heavy atom. The zero-order chi connectivity index (χ0) is 15.3. The van der Waals surface area contributed by atoms with E-state index >= 15 is 0 Å². The molecule has 0 radical (unpaired) electrons. The van der Waals surface area contributed by atoms with Crippen LogP contribution in [0.5, 0.6) is 0 Å². The number of nitrogens with zero attached hydrogens (tertiary/aromatic N) is 1. The summed E-state index contributed by atoms with van der Waals surface area (Å²) in [5.41, 5.74) is 0. The molecule has 0 saturated carbocycles. The Balaban J connectivity index is 2.66. The number of rotatable bonds is 5. The molecule has 1 heterocycles. The summed E-state index contributed by atoms with van der Waals surface area (Å²) in [5, 5.41) is 13.5. The normalized spacial score (nSPS) is 20.3. The summed E-state index contributed by atoms with van der Waals surface area (Å²) in [5.74, 6) is -2.73. The molecule has 1 fully saturated rings. The van der Waals surface area contributed by atoms with Crippen molar-refractivity contribution < 1.29 is 24.3 Å². The van der Waals surface area contributed by atoms with Gasteiger partial charge in [0.25, 0.3) is 0 Å². The number of nitrogens with one attached hydrogen (secondary N) is 2. The van der Waals surface area contributed by atoms with Gasteiger partial charge < -0.3 is 15.3 Å². The Hall–Kier alpha value is -2.12. The van der Waals surface area contributed by atoms with Crippen molar-refractivity contribution in [1.29, 1.82) is 0 Å². The highest BCUT2D eigenvalue weighted by atomic mass is 16.4. The van der Waals surface area contributed by atoms with E-state index in [9.17, 15) is 19.2 Å². The standard InChI is InChI=1S/C12H19N3O5/c1-3-7(11(18)19)5-13-12(20)15-6-9(16)14-10(17)8(15)4-2/h7-8H,3-6H2,1-2H3,(H,13,20)(H,18,19)(H,14,16,17). The lowest BCUT2D eigenvalue weighted by Gasteiger charge is -2.33. The van der Waals surface area contributed by atoms with Gasteiger partial charge >= 0.3 is 12.0 Å². The van der Waals surface area contributed by atoms with Crippen LogP contribution in [0.15, 0.2) is 0 Å². The van der Waals surface area contributed by atoms with Gasteiger partial charge in [-0.2, -0.15) is 0 Å². The van der Waals surface area contributed by atoms with Gasteiger partial charge in [0, 0.05) is 6.54 Å². The lowest BCUT2D eigenvalue weighted by molar-refractivity contribution is -0.142. The van der Waals surface area contributed by atoms with Crippen LogP contribution in [-0.2, 0) is 14.4 Å². The number of imide groups is 1. The van der Waals surface area contributed by atoms with Gasteiger partial charge in [-0.05, 0) is 12.8 Å². The molecule has 0 bridgehead atoms. The van der Waals surface area contributed by atoms with Crippen molar-refractivity contribution in [1.82, 2.24) is 15.5 Å². The molecule has 0 aromatic carbocycles. The predicted molar refractivity (Wildman–Crippen MR) is 68.8 cm³/mol. The zero-order valence-electron chi connectivity index (χ0n) is 11.5. The summed E-state index contributed by atoms with van der Waals surface area (Å²) in [7, 11) is 0. The maximum Gasteiger partial charge on any atom is 0.318 e. The van der Waals surface area contributed by atoms with Gasteiger partial charge in [0.05, 0.1) is 5.92 Å². The lowest BCUT2D eigenvalue weighted by atomic mass is 10.1. The van der Waals surface area contributed by atoms with Gasteiger partial charge in [0.15, 0.2) is 0 Å². The van der Waals surface area contributed by atoms with Gasteiger partial charge in [-0.15, -0.1) is 0 Å². The fourth-order valence-corrected chi connectivity index (χ4v) is 2.00. The molecule has 1 saturated heterocycles. The van der Waals surface area contributed by atoms with Crippen molar-refractivity contribution in [2.45, 2.75) is 32.7 Å². The molecule has 112 valence electrons. The smallest absolute Gasteiger partial charge is 0.318 e. The minimum Gasteiger partial charge on any atom is -0.481 e. The van der Waals surface area contributed by atoms with Crippen molar-refractivity contribution in [3.05, 3.63) is 0 Å². The summed E-state index contributed by atoms with van der Waals surface area (Å²) in [6.45, 7) is 3.19. The van der Waals surface area contributed by atoms with E-state index in [1.165, 1.54) is 0 Å². The number of hydrogen-bond donors (Lipinski definition) is 3. The van der Waals surface area contributed by atoms with Crippen molar-refractivity contribution in [3.63, 3.8) is 0 Å². The van der Waals surface area contributed by atoms with E-state index in [2.05, 4.69) is 10.6 Å². The number of piperazine rings is 1. The molecule has 0 aromatic heterocycles. The van der Waals surface area contributed by atoms with Crippen molar-refractivity contribution in [3.8, 4) is 0 Å². The van der Waals surface area contributed by atoms with Gasteiger partial charge in [0.1, 0.15) is 12.6 Å². The van der Waals surface area contributed by atoms with Crippen LogP contribution in [0, 0.1) is 5.92 Å². The summed E-state index contributed by atoms with van der Waals surface area (Å²) in [6, 6.07) is -1.31. The molecule has 1 aliphatic heterocycles. The number of urea groups is 1. The van der Waals surface area contributed by atoms with Crippen LogP contribution in [0.3, 0.4) is 0 Å². The van der Waals surface area contributed by atoms with E-state index in [4.69, 9.17) is 5.11 Å². The molecule has 2 atom stereocenters. The third kappa shape index (κ3) is 3.69. The number of hydrogen-bond acceptors (Lipinski definition) is 4. The molecule has 8 nitrogen and oxygen atoms in total. The molecular formula is C12H19N3O5. The first-order valence-electron chi connectivity index (χ1n) is 6.51. The number of carbonyl (C=O) groups is 4. The second kappa shape index (κ2) is 6.88.